The Labute approximate surface area is 143 Å². The average molecular weight is 323 g/mol. The van der Waals surface area contributed by atoms with E-state index in [0.29, 0.717) is 0 Å². The maximum absolute atomic E-state index is 12.8. The molecule has 0 aromatic heterocycles. The zero-order chi connectivity index (χ0) is 17.3. The van der Waals surface area contributed by atoms with Crippen LogP contribution in [0.3, 0.4) is 0 Å². The molecule has 1 unspecified atom stereocenters. The summed E-state index contributed by atoms with van der Waals surface area (Å²) >= 11 is 0. The van der Waals surface area contributed by atoms with Crippen molar-refractivity contribution in [2.45, 2.75) is 39.7 Å². The largest absolute Gasteiger partial charge is 0.398 e. The molecule has 2 aromatic carbocycles. The molecular weight excluding hydrogens is 298 g/mol. The van der Waals surface area contributed by atoms with Gasteiger partial charge in [-0.25, -0.2) is 0 Å². The van der Waals surface area contributed by atoms with Gasteiger partial charge in [0.25, 0.3) is 0 Å². The minimum atomic E-state index is -0.245. The van der Waals surface area contributed by atoms with Gasteiger partial charge in [-0.15, -0.1) is 0 Å². The Morgan fingerprint density at radius 2 is 2.04 bits per heavy atom. The van der Waals surface area contributed by atoms with E-state index in [-0.39, 0.29) is 11.9 Å². The highest BCUT2D eigenvalue weighted by Gasteiger charge is 2.27. The van der Waals surface area contributed by atoms with Crippen molar-refractivity contribution < 1.29 is 4.79 Å². The lowest BCUT2D eigenvalue weighted by molar-refractivity contribution is -0.117. The van der Waals surface area contributed by atoms with Gasteiger partial charge in [0.15, 0.2) is 0 Å². The lowest BCUT2D eigenvalue weighted by atomic mass is 9.98. The van der Waals surface area contributed by atoms with E-state index < -0.39 is 0 Å². The van der Waals surface area contributed by atoms with Crippen molar-refractivity contribution in [3.05, 3.63) is 53.1 Å². The number of nitrogens with two attached hydrogens (primary N) is 1. The van der Waals surface area contributed by atoms with Crippen LogP contribution >= 0.6 is 0 Å². The Morgan fingerprint density at radius 1 is 1.25 bits per heavy atom. The number of benzene rings is 2. The van der Waals surface area contributed by atoms with E-state index in [1.165, 1.54) is 0 Å². The van der Waals surface area contributed by atoms with Gasteiger partial charge in [-0.1, -0.05) is 18.2 Å². The molecule has 0 saturated heterocycles. The highest BCUT2D eigenvalue weighted by molar-refractivity contribution is 5.97. The highest BCUT2D eigenvalue weighted by Crippen LogP contribution is 2.32. The standard InChI is InChI=1S/C20H25N3O/c1-13-9-10-14(2)18(12-13)22-20(24)15(3)23-11-5-6-16-17(21)7-4-8-19(16)23/h4,7-10,12,15H,5-6,11,21H2,1-3H3,(H,22,24). The normalized spacial score (nSPS) is 14.9. The summed E-state index contributed by atoms with van der Waals surface area (Å²) in [6.07, 6.45) is 1.99. The monoisotopic (exact) mass is 323 g/mol. The number of fused-ring (bicyclic) bond motifs is 1. The van der Waals surface area contributed by atoms with Crippen LogP contribution in [0.4, 0.5) is 17.1 Å². The van der Waals surface area contributed by atoms with Gasteiger partial charge < -0.3 is 16.0 Å². The molecule has 3 N–H and O–H groups in total. The number of carbonyl (C=O) groups excluding carboxylic acids is 1. The minimum absolute atomic E-state index is 0.0129. The molecule has 126 valence electrons. The third-order valence-corrected chi connectivity index (χ3v) is 4.82. The number of nitrogen functional groups attached to an aromatic ring is 1. The van der Waals surface area contributed by atoms with Gasteiger partial charge in [0.2, 0.25) is 5.91 Å². The van der Waals surface area contributed by atoms with E-state index >= 15 is 0 Å². The van der Waals surface area contributed by atoms with Crippen LogP contribution in [0.25, 0.3) is 0 Å². The van der Waals surface area contributed by atoms with Gasteiger partial charge in [-0.3, -0.25) is 4.79 Å². The maximum Gasteiger partial charge on any atom is 0.246 e. The molecule has 3 rings (SSSR count). The van der Waals surface area contributed by atoms with Crippen LogP contribution < -0.4 is 16.0 Å². The molecule has 1 amide bonds. The van der Waals surface area contributed by atoms with Crippen LogP contribution in [0, 0.1) is 13.8 Å². The number of hydrogen-bond acceptors (Lipinski definition) is 3. The third-order valence-electron chi connectivity index (χ3n) is 4.82. The summed E-state index contributed by atoms with van der Waals surface area (Å²) in [6, 6.07) is 11.8. The van der Waals surface area contributed by atoms with E-state index in [0.717, 1.165) is 53.1 Å². The van der Waals surface area contributed by atoms with Gasteiger partial charge in [0.05, 0.1) is 0 Å². The summed E-state index contributed by atoms with van der Waals surface area (Å²) in [5, 5.41) is 3.08. The SMILES string of the molecule is Cc1ccc(C)c(NC(=O)C(C)N2CCCc3c(N)cccc32)c1. The van der Waals surface area contributed by atoms with Gasteiger partial charge in [-0.05, 0) is 68.5 Å². The second kappa shape index (κ2) is 6.56. The number of anilines is 3. The molecule has 1 aliphatic rings. The maximum atomic E-state index is 12.8. The Bertz CT molecular complexity index is 769. The number of carbonyl (C=O) groups is 1. The Kier molecular flexibility index (Phi) is 4.47. The predicted molar refractivity (Wildman–Crippen MR) is 101 cm³/mol. The number of aryl methyl sites for hydroxylation is 2. The first-order chi connectivity index (χ1) is 11.5. The second-order valence-electron chi connectivity index (χ2n) is 6.63. The quantitative estimate of drug-likeness (QED) is 0.847. The second-order valence-corrected chi connectivity index (χ2v) is 6.63. The Morgan fingerprint density at radius 3 is 2.83 bits per heavy atom. The zero-order valence-corrected chi connectivity index (χ0v) is 14.6. The van der Waals surface area contributed by atoms with Gasteiger partial charge in [0, 0.05) is 23.6 Å². The van der Waals surface area contributed by atoms with Crippen LogP contribution in [0.5, 0.6) is 0 Å². The van der Waals surface area contributed by atoms with Crippen LogP contribution in [-0.2, 0) is 11.2 Å². The first-order valence-corrected chi connectivity index (χ1v) is 8.49. The average Bonchev–Trinajstić information content (AvgIpc) is 2.57. The van der Waals surface area contributed by atoms with Crippen molar-refractivity contribution in [1.82, 2.24) is 0 Å². The van der Waals surface area contributed by atoms with Gasteiger partial charge in [0.1, 0.15) is 6.04 Å². The topological polar surface area (TPSA) is 58.4 Å². The first kappa shape index (κ1) is 16.4. The molecule has 24 heavy (non-hydrogen) atoms. The smallest absolute Gasteiger partial charge is 0.246 e. The van der Waals surface area contributed by atoms with Crippen LogP contribution in [0.2, 0.25) is 0 Å². The Balaban J connectivity index is 1.82. The molecule has 0 radical (unpaired) electrons. The summed E-state index contributed by atoms with van der Waals surface area (Å²) < 4.78 is 0. The lowest BCUT2D eigenvalue weighted by Gasteiger charge is -2.36. The molecular formula is C20H25N3O. The molecule has 2 aromatic rings. The third kappa shape index (κ3) is 3.09. The lowest BCUT2D eigenvalue weighted by Crippen LogP contribution is -2.44. The number of amides is 1. The summed E-state index contributed by atoms with van der Waals surface area (Å²) in [7, 11) is 0. The fraction of sp³-hybridized carbons (Fsp3) is 0.350. The van der Waals surface area contributed by atoms with E-state index in [1.54, 1.807) is 0 Å². The summed E-state index contributed by atoms with van der Waals surface area (Å²) in [5.41, 5.74) is 12.3. The predicted octanol–water partition coefficient (Wildman–Crippen LogP) is 3.67. The van der Waals surface area contributed by atoms with Crippen molar-refractivity contribution in [3.63, 3.8) is 0 Å². The molecule has 1 atom stereocenters. The van der Waals surface area contributed by atoms with Crippen molar-refractivity contribution in [1.29, 1.82) is 0 Å². The molecule has 0 fully saturated rings. The number of rotatable bonds is 3. The Hall–Kier alpha value is -2.49. The van der Waals surface area contributed by atoms with E-state index in [4.69, 9.17) is 5.73 Å². The van der Waals surface area contributed by atoms with E-state index in [9.17, 15) is 4.79 Å². The molecule has 0 bridgehead atoms. The molecule has 4 nitrogen and oxygen atoms in total. The van der Waals surface area contributed by atoms with Gasteiger partial charge in [-0.2, -0.15) is 0 Å². The molecule has 1 aliphatic heterocycles. The van der Waals surface area contributed by atoms with Crippen LogP contribution in [-0.4, -0.2) is 18.5 Å². The van der Waals surface area contributed by atoms with Crippen molar-refractivity contribution >= 4 is 23.0 Å². The summed E-state index contributed by atoms with van der Waals surface area (Å²) in [5.74, 6) is 0.0129. The minimum Gasteiger partial charge on any atom is -0.398 e. The molecule has 4 heteroatoms. The number of nitrogens with zero attached hydrogens (tertiary/aromatic N) is 1. The van der Waals surface area contributed by atoms with E-state index in [1.807, 2.05) is 45.0 Å². The molecule has 0 spiro atoms. The zero-order valence-electron chi connectivity index (χ0n) is 14.6. The first-order valence-electron chi connectivity index (χ1n) is 8.49. The number of nitrogens with one attached hydrogen (secondary N) is 1. The van der Waals surface area contributed by atoms with Crippen molar-refractivity contribution in [2.24, 2.45) is 0 Å². The van der Waals surface area contributed by atoms with Crippen molar-refractivity contribution in [3.8, 4) is 0 Å². The van der Waals surface area contributed by atoms with Crippen LogP contribution in [0.15, 0.2) is 36.4 Å². The fourth-order valence-electron chi connectivity index (χ4n) is 3.33. The molecule has 0 saturated carbocycles. The highest BCUT2D eigenvalue weighted by atomic mass is 16.2. The summed E-state index contributed by atoms with van der Waals surface area (Å²) in [6.45, 7) is 6.87. The molecule has 1 heterocycles. The summed E-state index contributed by atoms with van der Waals surface area (Å²) in [4.78, 5) is 14.9. The van der Waals surface area contributed by atoms with Crippen LogP contribution in [0.1, 0.15) is 30.0 Å². The van der Waals surface area contributed by atoms with E-state index in [2.05, 4.69) is 22.3 Å². The fourth-order valence-corrected chi connectivity index (χ4v) is 3.33. The molecule has 0 aliphatic carbocycles. The van der Waals surface area contributed by atoms with Gasteiger partial charge >= 0.3 is 0 Å². The number of hydrogen-bond donors (Lipinski definition) is 2. The van der Waals surface area contributed by atoms with Crippen molar-refractivity contribution in [2.75, 3.05) is 22.5 Å².